The van der Waals surface area contributed by atoms with Crippen LogP contribution >= 0.6 is 0 Å². The number of methoxy groups -OCH3 is 1. The van der Waals surface area contributed by atoms with Crippen molar-refractivity contribution in [3.05, 3.63) is 24.3 Å². The molecule has 5 heteroatoms. The summed E-state index contributed by atoms with van der Waals surface area (Å²) in [6.07, 6.45) is 0.543. The van der Waals surface area contributed by atoms with Gasteiger partial charge < -0.3 is 20.5 Å². The number of carboxylic acid groups (broad SMARTS) is 1. The maximum absolute atomic E-state index is 11.8. The Morgan fingerprint density at radius 1 is 1.53 bits per heavy atom. The number of ether oxygens (including phenoxy) is 1. The zero-order chi connectivity index (χ0) is 13.9. The summed E-state index contributed by atoms with van der Waals surface area (Å²) in [5.41, 5.74) is -0.221. The van der Waals surface area contributed by atoms with Gasteiger partial charge in [0.15, 0.2) is 0 Å². The standard InChI is InChI=1S/C14H20N2O3/c1-10-9-15-8-7-14(10,13(17)18)16-11-5-3-4-6-12(11)19-2/h3-6,10,15-16H,7-9H2,1-2H3,(H,17,18). The summed E-state index contributed by atoms with van der Waals surface area (Å²) in [4.78, 5) is 11.8. The minimum absolute atomic E-state index is 0.0105. The van der Waals surface area contributed by atoms with Gasteiger partial charge in [-0.3, -0.25) is 0 Å². The number of nitrogens with one attached hydrogen (secondary N) is 2. The van der Waals surface area contributed by atoms with Gasteiger partial charge in [0, 0.05) is 12.5 Å². The molecule has 2 atom stereocenters. The van der Waals surface area contributed by atoms with E-state index in [0.29, 0.717) is 25.3 Å². The number of anilines is 1. The van der Waals surface area contributed by atoms with Gasteiger partial charge in [-0.25, -0.2) is 4.79 Å². The van der Waals surface area contributed by atoms with Gasteiger partial charge in [-0.15, -0.1) is 0 Å². The first-order chi connectivity index (χ1) is 9.10. The Hall–Kier alpha value is -1.75. The van der Waals surface area contributed by atoms with Crippen molar-refractivity contribution in [2.75, 3.05) is 25.5 Å². The number of para-hydroxylation sites is 2. The van der Waals surface area contributed by atoms with Crippen molar-refractivity contribution in [2.24, 2.45) is 5.92 Å². The van der Waals surface area contributed by atoms with Crippen LogP contribution in [0.3, 0.4) is 0 Å². The SMILES string of the molecule is COc1ccccc1NC1(C(=O)O)CCNCC1C. The highest BCUT2D eigenvalue weighted by molar-refractivity contribution is 5.84. The first-order valence-electron chi connectivity index (χ1n) is 6.45. The molecule has 1 aromatic rings. The Balaban J connectivity index is 2.33. The van der Waals surface area contributed by atoms with Gasteiger partial charge >= 0.3 is 5.97 Å². The van der Waals surface area contributed by atoms with Gasteiger partial charge in [-0.2, -0.15) is 0 Å². The number of hydrogen-bond acceptors (Lipinski definition) is 4. The third-order valence-electron chi connectivity index (χ3n) is 3.83. The van der Waals surface area contributed by atoms with Crippen LogP contribution in [0.25, 0.3) is 0 Å². The van der Waals surface area contributed by atoms with E-state index in [1.165, 1.54) is 0 Å². The van der Waals surface area contributed by atoms with E-state index < -0.39 is 11.5 Å². The largest absolute Gasteiger partial charge is 0.495 e. The van der Waals surface area contributed by atoms with Gasteiger partial charge in [0.05, 0.1) is 12.8 Å². The van der Waals surface area contributed by atoms with Crippen molar-refractivity contribution in [3.8, 4) is 5.75 Å². The monoisotopic (exact) mass is 264 g/mol. The maximum atomic E-state index is 11.8. The fourth-order valence-corrected chi connectivity index (χ4v) is 2.57. The predicted octanol–water partition coefficient (Wildman–Crippen LogP) is 1.56. The fourth-order valence-electron chi connectivity index (χ4n) is 2.57. The molecule has 2 unspecified atom stereocenters. The second kappa shape index (κ2) is 5.48. The normalized spacial score (nSPS) is 26.7. The Labute approximate surface area is 113 Å². The van der Waals surface area contributed by atoms with Crippen molar-refractivity contribution in [1.29, 1.82) is 0 Å². The quantitative estimate of drug-likeness (QED) is 0.770. The first-order valence-corrected chi connectivity index (χ1v) is 6.45. The summed E-state index contributed by atoms with van der Waals surface area (Å²) < 4.78 is 5.28. The molecule has 1 heterocycles. The van der Waals surface area contributed by atoms with E-state index in [-0.39, 0.29) is 5.92 Å². The van der Waals surface area contributed by atoms with E-state index in [1.807, 2.05) is 31.2 Å². The Morgan fingerprint density at radius 2 is 2.26 bits per heavy atom. The molecule has 0 saturated carbocycles. The fraction of sp³-hybridized carbons (Fsp3) is 0.500. The van der Waals surface area contributed by atoms with E-state index in [9.17, 15) is 9.90 Å². The van der Waals surface area contributed by atoms with Crippen molar-refractivity contribution >= 4 is 11.7 Å². The third-order valence-corrected chi connectivity index (χ3v) is 3.83. The van der Waals surface area contributed by atoms with Gasteiger partial charge in [-0.05, 0) is 25.1 Å². The number of rotatable bonds is 4. The second-order valence-corrected chi connectivity index (χ2v) is 4.96. The minimum atomic E-state index is -0.945. The minimum Gasteiger partial charge on any atom is -0.495 e. The average molecular weight is 264 g/mol. The van der Waals surface area contributed by atoms with E-state index in [1.54, 1.807) is 7.11 Å². The Bertz CT molecular complexity index is 464. The highest BCUT2D eigenvalue weighted by Gasteiger charge is 2.45. The van der Waals surface area contributed by atoms with Gasteiger partial charge in [-0.1, -0.05) is 19.1 Å². The van der Waals surface area contributed by atoms with E-state index in [2.05, 4.69) is 10.6 Å². The molecule has 5 nitrogen and oxygen atoms in total. The molecule has 1 aliphatic rings. The number of aliphatic carboxylic acids is 1. The molecule has 1 aromatic carbocycles. The van der Waals surface area contributed by atoms with Crippen LogP contribution in [0.15, 0.2) is 24.3 Å². The summed E-state index contributed by atoms with van der Waals surface area (Å²) in [7, 11) is 1.58. The molecule has 0 radical (unpaired) electrons. The summed E-state index contributed by atoms with van der Waals surface area (Å²) in [6.45, 7) is 3.33. The Kier molecular flexibility index (Phi) is 3.95. The molecule has 2 rings (SSSR count). The molecule has 0 aromatic heterocycles. The number of piperidine rings is 1. The number of hydrogen-bond donors (Lipinski definition) is 3. The van der Waals surface area contributed by atoms with Crippen molar-refractivity contribution in [3.63, 3.8) is 0 Å². The van der Waals surface area contributed by atoms with Crippen LogP contribution in [-0.2, 0) is 4.79 Å². The van der Waals surface area contributed by atoms with Crippen LogP contribution in [0.2, 0.25) is 0 Å². The predicted molar refractivity (Wildman–Crippen MR) is 73.6 cm³/mol. The van der Waals surface area contributed by atoms with Gasteiger partial charge in [0.1, 0.15) is 11.3 Å². The summed E-state index contributed by atoms with van der Waals surface area (Å²) >= 11 is 0. The van der Waals surface area contributed by atoms with Crippen LogP contribution in [-0.4, -0.2) is 36.8 Å². The molecular weight excluding hydrogens is 244 g/mol. The molecule has 0 spiro atoms. The molecule has 3 N–H and O–H groups in total. The topological polar surface area (TPSA) is 70.6 Å². The smallest absolute Gasteiger partial charge is 0.329 e. The number of carboxylic acids is 1. The molecule has 104 valence electrons. The van der Waals surface area contributed by atoms with E-state index in [4.69, 9.17) is 4.74 Å². The van der Waals surface area contributed by atoms with Crippen LogP contribution in [0, 0.1) is 5.92 Å². The highest BCUT2D eigenvalue weighted by Crippen LogP contribution is 2.33. The van der Waals surface area contributed by atoms with Crippen LogP contribution < -0.4 is 15.4 Å². The maximum Gasteiger partial charge on any atom is 0.329 e. The van der Waals surface area contributed by atoms with Crippen molar-refractivity contribution in [2.45, 2.75) is 18.9 Å². The molecule has 19 heavy (non-hydrogen) atoms. The summed E-state index contributed by atoms with van der Waals surface area (Å²) in [5, 5.41) is 16.1. The molecular formula is C14H20N2O3. The van der Waals surface area contributed by atoms with Crippen molar-refractivity contribution < 1.29 is 14.6 Å². The lowest BCUT2D eigenvalue weighted by Crippen LogP contribution is -2.59. The molecule has 1 fully saturated rings. The summed E-state index contributed by atoms with van der Waals surface area (Å²) in [6, 6.07) is 7.40. The van der Waals surface area contributed by atoms with Crippen LogP contribution in [0.1, 0.15) is 13.3 Å². The Morgan fingerprint density at radius 3 is 2.89 bits per heavy atom. The van der Waals surface area contributed by atoms with E-state index >= 15 is 0 Å². The second-order valence-electron chi connectivity index (χ2n) is 4.96. The zero-order valence-electron chi connectivity index (χ0n) is 11.3. The lowest BCUT2D eigenvalue weighted by atomic mass is 9.79. The van der Waals surface area contributed by atoms with Crippen molar-refractivity contribution in [1.82, 2.24) is 5.32 Å². The molecule has 1 aliphatic heterocycles. The zero-order valence-corrected chi connectivity index (χ0v) is 11.3. The lowest BCUT2D eigenvalue weighted by molar-refractivity contribution is -0.145. The number of carbonyl (C=O) groups is 1. The summed E-state index contributed by atoms with van der Waals surface area (Å²) in [5.74, 6) is -0.162. The molecule has 1 saturated heterocycles. The highest BCUT2D eigenvalue weighted by atomic mass is 16.5. The third kappa shape index (κ3) is 2.51. The number of benzene rings is 1. The van der Waals surface area contributed by atoms with Crippen LogP contribution in [0.5, 0.6) is 5.75 Å². The van der Waals surface area contributed by atoms with Crippen LogP contribution in [0.4, 0.5) is 5.69 Å². The van der Waals surface area contributed by atoms with Gasteiger partial charge in [0.25, 0.3) is 0 Å². The molecule has 0 aliphatic carbocycles. The van der Waals surface area contributed by atoms with Gasteiger partial charge in [0.2, 0.25) is 0 Å². The first kappa shape index (κ1) is 13.7. The lowest BCUT2D eigenvalue weighted by Gasteiger charge is -2.40. The molecule has 0 bridgehead atoms. The average Bonchev–Trinajstić information content (AvgIpc) is 2.41. The molecule has 0 amide bonds. The van der Waals surface area contributed by atoms with E-state index in [0.717, 1.165) is 5.69 Å².